The second-order valence-corrected chi connectivity index (χ2v) is 10.6. The Hall–Kier alpha value is -4.14. The molecular formula is C35H27NS. The van der Waals surface area contributed by atoms with E-state index in [2.05, 4.69) is 134 Å². The topological polar surface area (TPSA) is 4.93 Å². The van der Waals surface area contributed by atoms with Crippen LogP contribution in [-0.4, -0.2) is 4.57 Å². The van der Waals surface area contributed by atoms with E-state index < -0.39 is 0 Å². The number of thiophene rings is 1. The van der Waals surface area contributed by atoms with Crippen molar-refractivity contribution in [2.75, 3.05) is 0 Å². The minimum Gasteiger partial charge on any atom is -0.309 e. The molecule has 2 heterocycles. The van der Waals surface area contributed by atoms with E-state index in [1.54, 1.807) is 0 Å². The van der Waals surface area contributed by atoms with Crippen molar-refractivity contribution in [3.8, 4) is 5.69 Å². The molecule has 0 amide bonds. The van der Waals surface area contributed by atoms with Crippen LogP contribution < -0.4 is 0 Å². The SMILES string of the molecule is C/C=C(\C=C/CC)c1ccc2c(c1)c1c3ccccc3c3sc4ccccc4c3c1n2-c1ccccc1. The number of rotatable bonds is 4. The third-order valence-electron chi connectivity index (χ3n) is 7.43. The molecular weight excluding hydrogens is 466 g/mol. The Balaban J connectivity index is 1.76. The summed E-state index contributed by atoms with van der Waals surface area (Å²) in [5.74, 6) is 0. The second kappa shape index (κ2) is 8.76. The van der Waals surface area contributed by atoms with Gasteiger partial charge in [0.2, 0.25) is 0 Å². The third-order valence-corrected chi connectivity index (χ3v) is 8.64. The van der Waals surface area contributed by atoms with Gasteiger partial charge in [-0.2, -0.15) is 0 Å². The van der Waals surface area contributed by atoms with Gasteiger partial charge in [0.05, 0.1) is 11.0 Å². The fourth-order valence-electron chi connectivity index (χ4n) is 5.80. The summed E-state index contributed by atoms with van der Waals surface area (Å²) in [5, 5.41) is 7.98. The molecule has 7 aromatic rings. The van der Waals surface area contributed by atoms with Gasteiger partial charge in [-0.25, -0.2) is 0 Å². The van der Waals surface area contributed by atoms with Crippen molar-refractivity contribution in [3.63, 3.8) is 0 Å². The van der Waals surface area contributed by atoms with Gasteiger partial charge in [-0.1, -0.05) is 91.9 Å². The first-order chi connectivity index (χ1) is 18.3. The molecule has 2 aromatic heterocycles. The van der Waals surface area contributed by atoms with E-state index >= 15 is 0 Å². The minimum atomic E-state index is 1.03. The lowest BCUT2D eigenvalue weighted by atomic mass is 9.97. The summed E-state index contributed by atoms with van der Waals surface area (Å²) in [6, 6.07) is 35.6. The maximum Gasteiger partial charge on any atom is 0.0640 e. The molecule has 1 nitrogen and oxygen atoms in total. The van der Waals surface area contributed by atoms with E-state index in [4.69, 9.17) is 0 Å². The Morgan fingerprint density at radius 2 is 1.49 bits per heavy atom. The number of para-hydroxylation sites is 1. The smallest absolute Gasteiger partial charge is 0.0640 e. The van der Waals surface area contributed by atoms with Gasteiger partial charge in [0, 0.05) is 42.0 Å². The lowest BCUT2D eigenvalue weighted by Crippen LogP contribution is -1.94. The molecule has 0 spiro atoms. The predicted molar refractivity (Wildman–Crippen MR) is 164 cm³/mol. The molecule has 0 saturated carbocycles. The first-order valence-corrected chi connectivity index (χ1v) is 13.8. The predicted octanol–water partition coefficient (Wildman–Crippen LogP) is 10.7. The Morgan fingerprint density at radius 3 is 2.27 bits per heavy atom. The van der Waals surface area contributed by atoms with E-state index in [0.717, 1.165) is 6.42 Å². The van der Waals surface area contributed by atoms with Crippen LogP contribution in [0.1, 0.15) is 25.8 Å². The Kier molecular flexibility index (Phi) is 5.23. The van der Waals surface area contributed by atoms with E-state index in [1.165, 1.54) is 69.6 Å². The molecule has 0 unspecified atom stereocenters. The molecule has 37 heavy (non-hydrogen) atoms. The molecule has 0 aliphatic heterocycles. The number of nitrogens with zero attached hydrogens (tertiary/aromatic N) is 1. The van der Waals surface area contributed by atoms with E-state index in [9.17, 15) is 0 Å². The van der Waals surface area contributed by atoms with Crippen LogP contribution in [0.3, 0.4) is 0 Å². The molecule has 0 N–H and O–H groups in total. The van der Waals surface area contributed by atoms with Gasteiger partial charge in [-0.15, -0.1) is 11.3 Å². The van der Waals surface area contributed by atoms with Crippen LogP contribution in [0.5, 0.6) is 0 Å². The normalized spacial score (nSPS) is 12.8. The summed E-state index contributed by atoms with van der Waals surface area (Å²) in [4.78, 5) is 0. The molecule has 0 atom stereocenters. The van der Waals surface area contributed by atoms with Gasteiger partial charge in [0.25, 0.3) is 0 Å². The van der Waals surface area contributed by atoms with Crippen molar-refractivity contribution in [3.05, 3.63) is 121 Å². The Labute approximate surface area is 220 Å². The van der Waals surface area contributed by atoms with Crippen molar-refractivity contribution in [1.29, 1.82) is 0 Å². The molecule has 2 heteroatoms. The number of benzene rings is 5. The van der Waals surface area contributed by atoms with Crippen LogP contribution in [0.15, 0.2) is 115 Å². The van der Waals surface area contributed by atoms with Gasteiger partial charge in [-0.05, 0) is 60.2 Å². The van der Waals surface area contributed by atoms with Crippen LogP contribution in [0.4, 0.5) is 0 Å². The maximum absolute atomic E-state index is 2.49. The third kappa shape index (κ3) is 3.29. The fourth-order valence-corrected chi connectivity index (χ4v) is 7.04. The molecule has 5 aromatic carbocycles. The van der Waals surface area contributed by atoms with Gasteiger partial charge >= 0.3 is 0 Å². The summed E-state index contributed by atoms with van der Waals surface area (Å²) < 4.78 is 5.19. The summed E-state index contributed by atoms with van der Waals surface area (Å²) in [6.07, 6.45) is 7.73. The molecule has 7 rings (SSSR count). The average molecular weight is 494 g/mol. The van der Waals surface area contributed by atoms with Crippen LogP contribution >= 0.6 is 11.3 Å². The molecule has 0 aliphatic rings. The number of hydrogen-bond donors (Lipinski definition) is 0. The number of allylic oxidation sites excluding steroid dienone is 4. The zero-order valence-electron chi connectivity index (χ0n) is 21.0. The van der Waals surface area contributed by atoms with Gasteiger partial charge in [-0.3, -0.25) is 0 Å². The minimum absolute atomic E-state index is 1.03. The zero-order valence-corrected chi connectivity index (χ0v) is 21.8. The Morgan fingerprint density at radius 1 is 0.757 bits per heavy atom. The summed E-state index contributed by atoms with van der Waals surface area (Å²) in [6.45, 7) is 4.31. The van der Waals surface area contributed by atoms with Crippen LogP contribution in [0, 0.1) is 0 Å². The molecule has 0 aliphatic carbocycles. The van der Waals surface area contributed by atoms with Crippen LogP contribution in [0.25, 0.3) is 64.0 Å². The van der Waals surface area contributed by atoms with Crippen molar-refractivity contribution in [2.45, 2.75) is 20.3 Å². The fraction of sp³-hybridized carbons (Fsp3) is 0.0857. The summed E-state index contributed by atoms with van der Waals surface area (Å²) >= 11 is 1.91. The van der Waals surface area contributed by atoms with Crippen molar-refractivity contribution < 1.29 is 0 Å². The number of hydrogen-bond acceptors (Lipinski definition) is 1. The van der Waals surface area contributed by atoms with E-state index in [1.807, 2.05) is 11.3 Å². The summed E-state index contributed by atoms with van der Waals surface area (Å²) in [5.41, 5.74) is 6.25. The molecule has 0 radical (unpaired) electrons. The van der Waals surface area contributed by atoms with Gasteiger partial charge in [0.1, 0.15) is 0 Å². The highest BCUT2D eigenvalue weighted by Crippen LogP contribution is 2.48. The largest absolute Gasteiger partial charge is 0.309 e. The van der Waals surface area contributed by atoms with Gasteiger partial charge in [0.15, 0.2) is 0 Å². The number of fused-ring (bicyclic) bond motifs is 10. The van der Waals surface area contributed by atoms with Crippen LogP contribution in [0.2, 0.25) is 0 Å². The van der Waals surface area contributed by atoms with E-state index in [0.29, 0.717) is 0 Å². The number of aromatic nitrogens is 1. The highest BCUT2D eigenvalue weighted by molar-refractivity contribution is 7.27. The van der Waals surface area contributed by atoms with Crippen molar-refractivity contribution in [1.82, 2.24) is 4.57 Å². The molecule has 178 valence electrons. The first-order valence-electron chi connectivity index (χ1n) is 13.0. The molecule has 0 fully saturated rings. The first kappa shape index (κ1) is 22.1. The highest BCUT2D eigenvalue weighted by atomic mass is 32.1. The van der Waals surface area contributed by atoms with E-state index in [-0.39, 0.29) is 0 Å². The van der Waals surface area contributed by atoms with Crippen molar-refractivity contribution >= 4 is 69.7 Å². The van der Waals surface area contributed by atoms with Crippen molar-refractivity contribution in [2.24, 2.45) is 0 Å². The lowest BCUT2D eigenvalue weighted by molar-refractivity contribution is 1.19. The summed E-state index contributed by atoms with van der Waals surface area (Å²) in [7, 11) is 0. The van der Waals surface area contributed by atoms with Gasteiger partial charge < -0.3 is 4.57 Å². The maximum atomic E-state index is 2.49. The molecule has 0 saturated heterocycles. The lowest BCUT2D eigenvalue weighted by Gasteiger charge is -2.10. The molecule has 0 bridgehead atoms. The Bertz CT molecular complexity index is 2020. The average Bonchev–Trinajstić information content (AvgIpc) is 3.50. The second-order valence-electron chi connectivity index (χ2n) is 9.53. The zero-order chi connectivity index (χ0) is 24.9. The highest BCUT2D eigenvalue weighted by Gasteiger charge is 2.22. The monoisotopic (exact) mass is 493 g/mol. The quantitative estimate of drug-likeness (QED) is 0.215. The standard InChI is InChI=1S/C35H27NS/c1-3-5-13-23(4-2)24-20-21-30-29(22-24)32-26-16-9-10-17-27(26)35-33(28-18-11-12-19-31(28)37-35)34(32)36(30)25-14-7-6-8-15-25/h4-22H,3H2,1-2H3/b13-5-,23-4+. The van der Waals surface area contributed by atoms with Crippen LogP contribution in [-0.2, 0) is 0 Å².